The Morgan fingerprint density at radius 1 is 1.41 bits per heavy atom. The molecule has 0 atom stereocenters. The smallest absolute Gasteiger partial charge is 0.325 e. The molecule has 0 unspecified atom stereocenters. The summed E-state index contributed by atoms with van der Waals surface area (Å²) in [5.74, 6) is -1.29. The molecule has 22 heavy (non-hydrogen) atoms. The van der Waals surface area contributed by atoms with E-state index in [-0.39, 0.29) is 12.5 Å². The quantitative estimate of drug-likeness (QED) is 0.850. The molecular weight excluding hydrogens is 304 g/mol. The van der Waals surface area contributed by atoms with Crippen molar-refractivity contribution in [2.75, 3.05) is 5.32 Å². The molecule has 0 aliphatic rings. The molecule has 8 heteroatoms. The normalized spacial score (nSPS) is 10.7. The lowest BCUT2D eigenvalue weighted by molar-refractivity contribution is -0.137. The Morgan fingerprint density at radius 3 is 2.77 bits per heavy atom. The van der Waals surface area contributed by atoms with Crippen LogP contribution in [0.3, 0.4) is 0 Å². The van der Waals surface area contributed by atoms with Crippen LogP contribution in [-0.2, 0) is 17.8 Å². The fourth-order valence-corrected chi connectivity index (χ4v) is 2.96. The monoisotopic (exact) mass is 322 g/mol. The number of aromatic nitrogens is 3. The highest BCUT2D eigenvalue weighted by atomic mass is 32.1. The van der Waals surface area contributed by atoms with Crippen molar-refractivity contribution in [1.82, 2.24) is 14.8 Å². The summed E-state index contributed by atoms with van der Waals surface area (Å²) < 4.78 is 1.36. The lowest BCUT2D eigenvalue weighted by atomic mass is 10.3. The SMILES string of the molecule is CCCc1nc(C(=O)Nc2c(C)nn(CC(=O)O)c2C)cs1. The fourth-order valence-electron chi connectivity index (χ4n) is 2.08. The fraction of sp³-hybridized carbons (Fsp3) is 0.429. The van der Waals surface area contributed by atoms with Crippen LogP contribution in [0.5, 0.6) is 0 Å². The van der Waals surface area contributed by atoms with Gasteiger partial charge in [0, 0.05) is 5.38 Å². The Morgan fingerprint density at radius 2 is 2.14 bits per heavy atom. The van der Waals surface area contributed by atoms with Gasteiger partial charge in [0.2, 0.25) is 0 Å². The van der Waals surface area contributed by atoms with Gasteiger partial charge in [-0.05, 0) is 26.7 Å². The van der Waals surface area contributed by atoms with Gasteiger partial charge in [0.25, 0.3) is 5.91 Å². The van der Waals surface area contributed by atoms with Gasteiger partial charge in [-0.3, -0.25) is 14.3 Å². The maximum atomic E-state index is 12.2. The van der Waals surface area contributed by atoms with E-state index in [0.29, 0.717) is 22.8 Å². The first-order valence-corrected chi connectivity index (χ1v) is 7.81. The molecule has 1 amide bonds. The molecular formula is C14H18N4O3S. The van der Waals surface area contributed by atoms with Crippen molar-refractivity contribution in [1.29, 1.82) is 0 Å². The third-order valence-corrected chi connectivity index (χ3v) is 4.06. The molecule has 0 aliphatic heterocycles. The summed E-state index contributed by atoms with van der Waals surface area (Å²) in [4.78, 5) is 27.3. The summed E-state index contributed by atoms with van der Waals surface area (Å²) >= 11 is 1.46. The zero-order valence-corrected chi connectivity index (χ0v) is 13.5. The van der Waals surface area contributed by atoms with Gasteiger partial charge >= 0.3 is 5.97 Å². The lowest BCUT2D eigenvalue weighted by Crippen LogP contribution is -2.15. The van der Waals surface area contributed by atoms with Crippen molar-refractivity contribution >= 4 is 28.9 Å². The molecule has 0 aromatic carbocycles. The average molecular weight is 322 g/mol. The van der Waals surface area contributed by atoms with Crippen LogP contribution in [0, 0.1) is 13.8 Å². The topological polar surface area (TPSA) is 97.1 Å². The second-order valence-corrected chi connectivity index (χ2v) is 5.87. The number of aryl methyl sites for hydroxylation is 2. The van der Waals surface area contributed by atoms with Gasteiger partial charge in [0.1, 0.15) is 12.2 Å². The summed E-state index contributed by atoms with van der Waals surface area (Å²) in [5, 5.41) is 18.4. The molecule has 2 aromatic rings. The number of carbonyl (C=O) groups excluding carboxylic acids is 1. The highest BCUT2D eigenvalue weighted by Gasteiger charge is 2.18. The number of thiazole rings is 1. The lowest BCUT2D eigenvalue weighted by Gasteiger charge is -2.04. The van der Waals surface area contributed by atoms with E-state index in [1.54, 1.807) is 19.2 Å². The minimum Gasteiger partial charge on any atom is -0.480 e. The van der Waals surface area contributed by atoms with Gasteiger partial charge in [-0.2, -0.15) is 5.10 Å². The molecule has 7 nitrogen and oxygen atoms in total. The van der Waals surface area contributed by atoms with E-state index in [1.807, 2.05) is 0 Å². The first-order valence-electron chi connectivity index (χ1n) is 6.94. The number of amides is 1. The maximum Gasteiger partial charge on any atom is 0.325 e. The molecule has 2 rings (SSSR count). The van der Waals surface area contributed by atoms with E-state index in [4.69, 9.17) is 5.11 Å². The predicted octanol–water partition coefficient (Wildman–Crippen LogP) is 2.25. The Balaban J connectivity index is 2.17. The van der Waals surface area contributed by atoms with Crippen LogP contribution in [0.1, 0.15) is 40.2 Å². The molecule has 0 saturated carbocycles. The maximum absolute atomic E-state index is 12.2. The Labute approximate surface area is 132 Å². The average Bonchev–Trinajstić information content (AvgIpc) is 3.00. The molecule has 0 spiro atoms. The van der Waals surface area contributed by atoms with E-state index in [9.17, 15) is 9.59 Å². The number of carbonyl (C=O) groups is 2. The number of carboxylic acid groups (broad SMARTS) is 1. The van der Waals surface area contributed by atoms with Crippen LogP contribution in [0.15, 0.2) is 5.38 Å². The van der Waals surface area contributed by atoms with Crippen molar-refractivity contribution in [2.45, 2.75) is 40.2 Å². The standard InChI is InChI=1S/C14H18N4O3S/c1-4-5-11-15-10(7-22-11)14(21)16-13-8(2)17-18(9(13)3)6-12(19)20/h7H,4-6H2,1-3H3,(H,16,21)(H,19,20). The molecule has 118 valence electrons. The Hall–Kier alpha value is -2.22. The summed E-state index contributed by atoms with van der Waals surface area (Å²) in [6.45, 7) is 5.28. The van der Waals surface area contributed by atoms with Gasteiger partial charge in [-0.1, -0.05) is 6.92 Å². The number of carboxylic acids is 1. The molecule has 0 bridgehead atoms. The summed E-state index contributed by atoms with van der Waals surface area (Å²) in [6, 6.07) is 0. The van der Waals surface area contributed by atoms with Crippen LogP contribution >= 0.6 is 11.3 Å². The third-order valence-electron chi connectivity index (χ3n) is 3.15. The van der Waals surface area contributed by atoms with E-state index < -0.39 is 5.97 Å². The van der Waals surface area contributed by atoms with Crippen molar-refractivity contribution in [3.63, 3.8) is 0 Å². The van der Waals surface area contributed by atoms with E-state index in [2.05, 4.69) is 22.3 Å². The highest BCUT2D eigenvalue weighted by molar-refractivity contribution is 7.09. The van der Waals surface area contributed by atoms with Gasteiger partial charge in [0.05, 0.1) is 22.1 Å². The number of hydrogen-bond donors (Lipinski definition) is 2. The van der Waals surface area contributed by atoms with Crippen molar-refractivity contribution in [2.24, 2.45) is 0 Å². The molecule has 2 aromatic heterocycles. The number of aliphatic carboxylic acids is 1. The van der Waals surface area contributed by atoms with Crippen molar-refractivity contribution < 1.29 is 14.7 Å². The van der Waals surface area contributed by atoms with E-state index >= 15 is 0 Å². The zero-order chi connectivity index (χ0) is 16.3. The second-order valence-electron chi connectivity index (χ2n) is 4.93. The number of nitrogens with one attached hydrogen (secondary N) is 1. The number of anilines is 1. The van der Waals surface area contributed by atoms with Crippen LogP contribution in [0.4, 0.5) is 5.69 Å². The molecule has 0 aliphatic carbocycles. The zero-order valence-electron chi connectivity index (χ0n) is 12.7. The second kappa shape index (κ2) is 6.69. The van der Waals surface area contributed by atoms with Crippen molar-refractivity contribution in [3.8, 4) is 0 Å². The van der Waals surface area contributed by atoms with Gasteiger partial charge < -0.3 is 10.4 Å². The summed E-state index contributed by atoms with van der Waals surface area (Å²) in [5.41, 5.74) is 2.10. The predicted molar refractivity (Wildman–Crippen MR) is 83.4 cm³/mol. The Kier molecular flexibility index (Phi) is 4.92. The van der Waals surface area contributed by atoms with Gasteiger partial charge in [0.15, 0.2) is 0 Å². The van der Waals surface area contributed by atoms with E-state index in [0.717, 1.165) is 17.8 Å². The van der Waals surface area contributed by atoms with Crippen molar-refractivity contribution in [3.05, 3.63) is 27.5 Å². The highest BCUT2D eigenvalue weighted by Crippen LogP contribution is 2.21. The molecule has 0 radical (unpaired) electrons. The summed E-state index contributed by atoms with van der Waals surface area (Å²) in [6.07, 6.45) is 1.83. The first-order chi connectivity index (χ1) is 10.4. The number of nitrogens with zero attached hydrogens (tertiary/aromatic N) is 3. The molecule has 2 N–H and O–H groups in total. The Bertz CT molecular complexity index is 705. The largest absolute Gasteiger partial charge is 0.480 e. The van der Waals surface area contributed by atoms with Gasteiger partial charge in [-0.15, -0.1) is 11.3 Å². The van der Waals surface area contributed by atoms with E-state index in [1.165, 1.54) is 16.0 Å². The number of rotatable bonds is 6. The molecule has 0 fully saturated rings. The summed E-state index contributed by atoms with van der Waals surface area (Å²) in [7, 11) is 0. The minimum absolute atomic E-state index is 0.236. The van der Waals surface area contributed by atoms with Crippen LogP contribution < -0.4 is 5.32 Å². The van der Waals surface area contributed by atoms with Gasteiger partial charge in [-0.25, -0.2) is 4.98 Å². The molecule has 0 saturated heterocycles. The third kappa shape index (κ3) is 3.51. The van der Waals surface area contributed by atoms with Crippen LogP contribution in [0.25, 0.3) is 0 Å². The van der Waals surface area contributed by atoms with Crippen LogP contribution in [0.2, 0.25) is 0 Å². The number of hydrogen-bond acceptors (Lipinski definition) is 5. The first kappa shape index (κ1) is 16.2. The molecule has 2 heterocycles. The minimum atomic E-state index is -0.979. The van der Waals surface area contributed by atoms with Crippen LogP contribution in [-0.4, -0.2) is 31.7 Å².